The molecule has 3 aromatic rings. The van der Waals surface area contributed by atoms with Gasteiger partial charge < -0.3 is 19.8 Å². The number of esters is 1. The van der Waals surface area contributed by atoms with Crippen molar-refractivity contribution < 1.29 is 13.9 Å². The standard InChI is InChI=1S/C17H15BrN4O3S/c1-24-16(23)15-7-6-12(25-15)10-22-9-11(8-19-22)20-17(26)21-14-5-3-2-4-13(14)18/h2-9H,10H2,1H3,(H2,20,21,26). The Balaban J connectivity index is 1.59. The summed E-state index contributed by atoms with van der Waals surface area (Å²) in [4.78, 5) is 11.4. The van der Waals surface area contributed by atoms with Crippen molar-refractivity contribution in [3.05, 3.63) is 64.8 Å². The van der Waals surface area contributed by atoms with Crippen LogP contribution in [0.4, 0.5) is 11.4 Å². The zero-order chi connectivity index (χ0) is 18.5. The van der Waals surface area contributed by atoms with Crippen LogP contribution in [-0.2, 0) is 11.3 Å². The Morgan fingerprint density at radius 3 is 2.88 bits per heavy atom. The number of furan rings is 1. The SMILES string of the molecule is COC(=O)c1ccc(Cn2cc(NC(=S)Nc3ccccc3Br)cn2)o1. The van der Waals surface area contributed by atoms with E-state index in [4.69, 9.17) is 16.6 Å². The monoisotopic (exact) mass is 434 g/mol. The number of hydrogen-bond donors (Lipinski definition) is 2. The number of aromatic nitrogens is 2. The third kappa shape index (κ3) is 4.50. The van der Waals surface area contributed by atoms with Gasteiger partial charge in [0.15, 0.2) is 5.11 Å². The van der Waals surface area contributed by atoms with Crippen molar-refractivity contribution in [3.8, 4) is 0 Å². The van der Waals surface area contributed by atoms with Crippen LogP contribution in [-0.4, -0.2) is 28.0 Å². The van der Waals surface area contributed by atoms with Crippen molar-refractivity contribution >= 4 is 50.6 Å². The Morgan fingerprint density at radius 1 is 1.31 bits per heavy atom. The van der Waals surface area contributed by atoms with Crippen molar-refractivity contribution in [1.29, 1.82) is 0 Å². The quantitative estimate of drug-likeness (QED) is 0.465. The lowest BCUT2D eigenvalue weighted by molar-refractivity contribution is 0.0563. The molecule has 0 fully saturated rings. The highest BCUT2D eigenvalue weighted by atomic mass is 79.9. The summed E-state index contributed by atoms with van der Waals surface area (Å²) < 4.78 is 12.6. The Kier molecular flexibility index (Phi) is 5.69. The summed E-state index contributed by atoms with van der Waals surface area (Å²) in [5.41, 5.74) is 1.60. The maximum Gasteiger partial charge on any atom is 0.373 e. The Bertz CT molecular complexity index is 937. The highest BCUT2D eigenvalue weighted by Gasteiger charge is 2.12. The number of rotatable bonds is 5. The number of benzene rings is 1. The first-order valence-electron chi connectivity index (χ1n) is 7.57. The predicted molar refractivity (Wildman–Crippen MR) is 105 cm³/mol. The van der Waals surface area contributed by atoms with Gasteiger partial charge in [-0.2, -0.15) is 5.10 Å². The molecule has 0 aliphatic heterocycles. The summed E-state index contributed by atoms with van der Waals surface area (Å²) >= 11 is 8.77. The number of carbonyl (C=O) groups excluding carboxylic acids is 1. The summed E-state index contributed by atoms with van der Waals surface area (Å²) in [6.07, 6.45) is 3.44. The van der Waals surface area contributed by atoms with E-state index in [9.17, 15) is 4.79 Å². The number of anilines is 2. The molecule has 0 saturated carbocycles. The van der Waals surface area contributed by atoms with Gasteiger partial charge in [-0.25, -0.2) is 4.79 Å². The van der Waals surface area contributed by atoms with Crippen LogP contribution in [0.3, 0.4) is 0 Å². The largest absolute Gasteiger partial charge is 0.463 e. The minimum absolute atomic E-state index is 0.159. The van der Waals surface area contributed by atoms with Gasteiger partial charge >= 0.3 is 5.97 Å². The lowest BCUT2D eigenvalue weighted by Gasteiger charge is -2.10. The minimum Gasteiger partial charge on any atom is -0.463 e. The van der Waals surface area contributed by atoms with Crippen LogP contribution < -0.4 is 10.6 Å². The van der Waals surface area contributed by atoms with E-state index in [1.807, 2.05) is 24.3 Å². The molecule has 0 aliphatic carbocycles. The molecule has 0 saturated heterocycles. The maximum absolute atomic E-state index is 11.4. The van der Waals surface area contributed by atoms with Crippen LogP contribution >= 0.6 is 28.1 Å². The topological polar surface area (TPSA) is 81.3 Å². The second kappa shape index (κ2) is 8.15. The highest BCUT2D eigenvalue weighted by Crippen LogP contribution is 2.21. The van der Waals surface area contributed by atoms with Crippen LogP contribution in [0.1, 0.15) is 16.3 Å². The van der Waals surface area contributed by atoms with Gasteiger partial charge in [0.1, 0.15) is 5.76 Å². The lowest BCUT2D eigenvalue weighted by atomic mass is 10.3. The average Bonchev–Trinajstić information content (AvgIpc) is 3.26. The molecule has 7 nitrogen and oxygen atoms in total. The summed E-state index contributed by atoms with van der Waals surface area (Å²) in [5.74, 6) is 0.239. The predicted octanol–water partition coefficient (Wildman–Crippen LogP) is 3.88. The molecule has 1 aromatic carbocycles. The minimum atomic E-state index is -0.512. The first-order valence-corrected chi connectivity index (χ1v) is 8.77. The first-order chi connectivity index (χ1) is 12.5. The molecular formula is C17H15BrN4O3S. The number of nitrogens with zero attached hydrogens (tertiary/aromatic N) is 2. The lowest BCUT2D eigenvalue weighted by Crippen LogP contribution is -2.19. The molecule has 0 radical (unpaired) electrons. The number of halogens is 1. The fraction of sp³-hybridized carbons (Fsp3) is 0.118. The highest BCUT2D eigenvalue weighted by molar-refractivity contribution is 9.10. The van der Waals surface area contributed by atoms with Gasteiger partial charge in [-0.3, -0.25) is 4.68 Å². The van der Waals surface area contributed by atoms with E-state index in [0.717, 1.165) is 15.8 Å². The molecule has 0 spiro atoms. The Labute approximate surface area is 163 Å². The summed E-state index contributed by atoms with van der Waals surface area (Å²) in [6, 6.07) is 11.0. The fourth-order valence-electron chi connectivity index (χ4n) is 2.19. The maximum atomic E-state index is 11.4. The van der Waals surface area contributed by atoms with E-state index >= 15 is 0 Å². The zero-order valence-electron chi connectivity index (χ0n) is 13.7. The van der Waals surface area contributed by atoms with Gasteiger partial charge in [-0.1, -0.05) is 12.1 Å². The molecule has 2 N–H and O–H groups in total. The Morgan fingerprint density at radius 2 is 2.12 bits per heavy atom. The first kappa shape index (κ1) is 18.2. The van der Waals surface area contributed by atoms with Crippen LogP contribution in [0.15, 0.2) is 57.7 Å². The van der Waals surface area contributed by atoms with Gasteiger partial charge in [0, 0.05) is 10.7 Å². The third-order valence-electron chi connectivity index (χ3n) is 3.38. The molecule has 0 atom stereocenters. The van der Waals surface area contributed by atoms with Crippen molar-refractivity contribution in [2.45, 2.75) is 6.54 Å². The molecule has 0 unspecified atom stereocenters. The normalized spacial score (nSPS) is 10.4. The van der Waals surface area contributed by atoms with Crippen molar-refractivity contribution in [1.82, 2.24) is 9.78 Å². The summed E-state index contributed by atoms with van der Waals surface area (Å²) in [6.45, 7) is 0.378. The van der Waals surface area contributed by atoms with E-state index in [1.54, 1.807) is 29.2 Å². The molecule has 9 heteroatoms. The average molecular weight is 435 g/mol. The van der Waals surface area contributed by atoms with Gasteiger partial charge in [-0.05, 0) is 52.4 Å². The van der Waals surface area contributed by atoms with Gasteiger partial charge in [0.2, 0.25) is 5.76 Å². The molecule has 26 heavy (non-hydrogen) atoms. The summed E-state index contributed by atoms with van der Waals surface area (Å²) in [7, 11) is 1.31. The number of carbonyl (C=O) groups is 1. The third-order valence-corrected chi connectivity index (χ3v) is 4.27. The number of thiocarbonyl (C=S) groups is 1. The van der Waals surface area contributed by atoms with Gasteiger partial charge in [-0.15, -0.1) is 0 Å². The van der Waals surface area contributed by atoms with E-state index in [1.165, 1.54) is 7.11 Å². The van der Waals surface area contributed by atoms with Crippen LogP contribution in [0, 0.1) is 0 Å². The number of ether oxygens (including phenoxy) is 1. The van der Waals surface area contributed by atoms with E-state index in [-0.39, 0.29) is 5.76 Å². The Hall–Kier alpha value is -2.65. The van der Waals surface area contributed by atoms with Crippen molar-refractivity contribution in [2.24, 2.45) is 0 Å². The molecule has 134 valence electrons. The smallest absolute Gasteiger partial charge is 0.373 e. The number of para-hydroxylation sites is 1. The molecule has 3 rings (SSSR count). The van der Waals surface area contributed by atoms with E-state index in [2.05, 4.69) is 36.4 Å². The molecule has 2 aromatic heterocycles. The van der Waals surface area contributed by atoms with E-state index < -0.39 is 5.97 Å². The molecule has 0 bridgehead atoms. The van der Waals surface area contributed by atoms with Crippen molar-refractivity contribution in [3.63, 3.8) is 0 Å². The number of methoxy groups -OCH3 is 1. The van der Waals surface area contributed by atoms with Crippen LogP contribution in [0.2, 0.25) is 0 Å². The number of nitrogens with one attached hydrogen (secondary N) is 2. The second-order valence-electron chi connectivity index (χ2n) is 5.24. The molecule has 2 heterocycles. The van der Waals surface area contributed by atoms with Crippen LogP contribution in [0.5, 0.6) is 0 Å². The molecular weight excluding hydrogens is 420 g/mol. The van der Waals surface area contributed by atoms with Crippen molar-refractivity contribution in [2.75, 3.05) is 17.7 Å². The number of hydrogen-bond acceptors (Lipinski definition) is 5. The molecule has 0 amide bonds. The second-order valence-corrected chi connectivity index (χ2v) is 6.51. The van der Waals surface area contributed by atoms with Gasteiger partial charge in [0.25, 0.3) is 0 Å². The summed E-state index contributed by atoms with van der Waals surface area (Å²) in [5, 5.41) is 10.9. The zero-order valence-corrected chi connectivity index (χ0v) is 16.1. The fourth-order valence-corrected chi connectivity index (χ4v) is 2.81. The van der Waals surface area contributed by atoms with E-state index in [0.29, 0.717) is 17.4 Å². The van der Waals surface area contributed by atoms with Crippen LogP contribution in [0.25, 0.3) is 0 Å². The molecule has 0 aliphatic rings. The van der Waals surface area contributed by atoms with Gasteiger partial charge in [0.05, 0.1) is 31.2 Å².